The minimum absolute atomic E-state index is 0.0564. The number of carbonyl (C=O) groups excluding carboxylic acids is 2. The molecule has 2 atom stereocenters. The number of aliphatic hydroxyl groups is 1. The second-order valence-electron chi connectivity index (χ2n) is 8.33. The van der Waals surface area contributed by atoms with Gasteiger partial charge in [-0.3, -0.25) is 14.8 Å². The number of benzene rings is 1. The second kappa shape index (κ2) is 9.84. The summed E-state index contributed by atoms with van der Waals surface area (Å²) in [6.07, 6.45) is 4.67. The third-order valence-electron chi connectivity index (χ3n) is 6.01. The molecule has 2 heterocycles. The summed E-state index contributed by atoms with van der Waals surface area (Å²) in [5, 5.41) is 15.2. The molecule has 2 aromatic rings. The van der Waals surface area contributed by atoms with E-state index in [2.05, 4.69) is 20.3 Å². The number of carbonyl (C=O) groups is 2. The number of nitrogens with zero attached hydrogens (tertiary/aromatic N) is 2. The van der Waals surface area contributed by atoms with Gasteiger partial charge < -0.3 is 15.3 Å². The van der Waals surface area contributed by atoms with Crippen LogP contribution >= 0.6 is 23.5 Å². The molecule has 1 aromatic carbocycles. The lowest BCUT2D eigenvalue weighted by atomic mass is 9.95. The number of amides is 3. The van der Waals surface area contributed by atoms with Crippen LogP contribution in [0.2, 0.25) is 5.02 Å². The molecule has 0 spiro atoms. The Morgan fingerprint density at radius 1 is 1.36 bits per heavy atom. The van der Waals surface area contributed by atoms with Crippen molar-refractivity contribution in [3.05, 3.63) is 52.9 Å². The lowest BCUT2D eigenvalue weighted by Gasteiger charge is -2.35. The quantitative estimate of drug-likeness (QED) is 0.442. The molecule has 1 aromatic heterocycles. The fraction of sp³-hybridized carbons (Fsp3) is 0.409. The maximum atomic E-state index is 13.9. The number of urea groups is 1. The van der Waals surface area contributed by atoms with Crippen molar-refractivity contribution in [3.63, 3.8) is 0 Å². The van der Waals surface area contributed by atoms with Gasteiger partial charge in [-0.25, -0.2) is 14.2 Å². The summed E-state index contributed by atoms with van der Waals surface area (Å²) in [7, 11) is 0. The minimum atomic E-state index is -0.968. The van der Waals surface area contributed by atoms with E-state index in [1.54, 1.807) is 11.9 Å². The molecule has 0 bridgehead atoms. The first-order valence-corrected chi connectivity index (χ1v) is 12.2. The number of aliphatic hydroxyl groups excluding tert-OH is 1. The molecule has 3 amide bonds. The number of hydrogen-bond acceptors (Lipinski definition) is 6. The van der Waals surface area contributed by atoms with Crippen LogP contribution in [0.25, 0.3) is 0 Å². The van der Waals surface area contributed by atoms with E-state index in [9.17, 15) is 19.1 Å². The summed E-state index contributed by atoms with van der Waals surface area (Å²) < 4.78 is 17.2. The summed E-state index contributed by atoms with van der Waals surface area (Å²) >= 11 is 7.26. The zero-order valence-corrected chi connectivity index (χ0v) is 19.5. The summed E-state index contributed by atoms with van der Waals surface area (Å²) in [5.41, 5.74) is 2.00. The van der Waals surface area contributed by atoms with Crippen LogP contribution in [0.3, 0.4) is 0 Å². The van der Waals surface area contributed by atoms with Crippen molar-refractivity contribution < 1.29 is 19.1 Å². The number of nitrogens with one attached hydrogen (secondary N) is 3. The summed E-state index contributed by atoms with van der Waals surface area (Å²) in [4.78, 5) is 30.6. The van der Waals surface area contributed by atoms with E-state index in [4.69, 9.17) is 11.6 Å². The van der Waals surface area contributed by atoms with Gasteiger partial charge in [-0.1, -0.05) is 35.7 Å². The maximum absolute atomic E-state index is 13.9. The Morgan fingerprint density at radius 3 is 2.73 bits per heavy atom. The van der Waals surface area contributed by atoms with Crippen LogP contribution in [0.1, 0.15) is 24.8 Å². The van der Waals surface area contributed by atoms with Crippen molar-refractivity contribution in [1.29, 1.82) is 0 Å². The smallest absolute Gasteiger partial charge is 0.321 e. The molecule has 1 saturated heterocycles. The van der Waals surface area contributed by atoms with E-state index in [0.717, 1.165) is 25.5 Å². The third-order valence-corrected chi connectivity index (χ3v) is 6.65. The van der Waals surface area contributed by atoms with Gasteiger partial charge in [0, 0.05) is 30.3 Å². The zero-order chi connectivity index (χ0) is 23.6. The van der Waals surface area contributed by atoms with Gasteiger partial charge in [0.2, 0.25) is 5.91 Å². The van der Waals surface area contributed by atoms with Gasteiger partial charge >= 0.3 is 6.03 Å². The molecule has 0 radical (unpaired) electrons. The van der Waals surface area contributed by atoms with Crippen molar-refractivity contribution in [2.24, 2.45) is 0 Å². The van der Waals surface area contributed by atoms with Gasteiger partial charge in [0.25, 0.3) is 0 Å². The average Bonchev–Trinajstić information content (AvgIpc) is 3.58. The highest BCUT2D eigenvalue weighted by Gasteiger charge is 2.44. The molecule has 4 N–H and O–H groups in total. The minimum Gasteiger partial charge on any atom is -0.391 e. The molecule has 2 fully saturated rings. The number of piperidine rings is 1. The molecule has 2 aliphatic rings. The molecule has 2 unspecified atom stereocenters. The highest BCUT2D eigenvalue weighted by atomic mass is 35.5. The van der Waals surface area contributed by atoms with E-state index in [-0.39, 0.29) is 35.1 Å². The van der Waals surface area contributed by atoms with E-state index in [0.29, 0.717) is 5.69 Å². The number of halogens is 2. The summed E-state index contributed by atoms with van der Waals surface area (Å²) in [6.45, 7) is 1.02. The first kappa shape index (κ1) is 23.7. The molecule has 1 aliphatic heterocycles. The first-order valence-electron chi connectivity index (χ1n) is 10.6. The fourth-order valence-corrected chi connectivity index (χ4v) is 4.59. The van der Waals surface area contributed by atoms with Gasteiger partial charge in [-0.15, -0.1) is 0 Å². The standard InChI is InChI=1S/C22H25ClFN5O3S/c1-33-26-12-22(6-7-22)13-2-4-15(5-3-13)29-11-16(30)9-18(20(29)31)27-21(32)28-19-17(24)8-14(23)10-25-19/h2-5,8,10,16,18,26,30H,6-7,9,11-12H2,1H3,(H2,25,27,28,32). The van der Waals surface area contributed by atoms with E-state index in [1.807, 2.05) is 30.5 Å². The van der Waals surface area contributed by atoms with Crippen LogP contribution in [0.15, 0.2) is 36.5 Å². The Balaban J connectivity index is 1.43. The monoisotopic (exact) mass is 493 g/mol. The van der Waals surface area contributed by atoms with Crippen molar-refractivity contribution >= 4 is 47.0 Å². The number of pyridine rings is 1. The lowest BCUT2D eigenvalue weighted by Crippen LogP contribution is -2.57. The second-order valence-corrected chi connectivity index (χ2v) is 9.46. The molecule has 11 heteroatoms. The molecule has 1 saturated carbocycles. The van der Waals surface area contributed by atoms with Crippen molar-refractivity contribution in [2.75, 3.05) is 29.6 Å². The number of rotatable bonds is 7. The Bertz CT molecular complexity index is 1040. The van der Waals surface area contributed by atoms with Crippen LogP contribution in [-0.2, 0) is 10.2 Å². The normalized spacial score (nSPS) is 21.6. The topological polar surface area (TPSA) is 107 Å². The molecule has 1 aliphatic carbocycles. The van der Waals surface area contributed by atoms with Crippen LogP contribution in [0.4, 0.5) is 20.7 Å². The summed E-state index contributed by atoms with van der Waals surface area (Å²) in [5.74, 6) is -1.45. The van der Waals surface area contributed by atoms with Gasteiger partial charge in [-0.05, 0) is 42.9 Å². The number of aromatic nitrogens is 1. The van der Waals surface area contributed by atoms with Crippen LogP contribution in [0.5, 0.6) is 0 Å². The Kier molecular flexibility index (Phi) is 7.08. The van der Waals surface area contributed by atoms with Crippen LogP contribution in [-0.4, -0.2) is 53.5 Å². The molecule has 4 rings (SSSR count). The fourth-order valence-electron chi connectivity index (χ4n) is 4.02. The van der Waals surface area contributed by atoms with Crippen molar-refractivity contribution in [2.45, 2.75) is 36.8 Å². The number of anilines is 2. The van der Waals surface area contributed by atoms with Crippen LogP contribution < -0.4 is 20.3 Å². The zero-order valence-electron chi connectivity index (χ0n) is 18.0. The largest absolute Gasteiger partial charge is 0.391 e. The Morgan fingerprint density at radius 2 is 2.09 bits per heavy atom. The van der Waals surface area contributed by atoms with Crippen LogP contribution in [0, 0.1) is 5.82 Å². The number of β-amino-alcohol motifs (C(OH)–C–C–N with tert-alkyl or cyclic N) is 1. The van der Waals surface area contributed by atoms with Gasteiger partial charge in [0.15, 0.2) is 11.6 Å². The van der Waals surface area contributed by atoms with E-state index in [1.165, 1.54) is 16.7 Å². The van der Waals surface area contributed by atoms with Crippen molar-refractivity contribution in [3.8, 4) is 0 Å². The predicted molar refractivity (Wildman–Crippen MR) is 127 cm³/mol. The lowest BCUT2D eigenvalue weighted by molar-refractivity contribution is -0.123. The Hall–Kier alpha value is -2.40. The predicted octanol–water partition coefficient (Wildman–Crippen LogP) is 3.06. The first-order chi connectivity index (χ1) is 15.8. The molecular weight excluding hydrogens is 469 g/mol. The molecular formula is C22H25ClFN5O3S. The van der Waals surface area contributed by atoms with Gasteiger partial charge in [0.1, 0.15) is 6.04 Å². The van der Waals surface area contributed by atoms with Gasteiger partial charge in [0.05, 0.1) is 17.7 Å². The highest BCUT2D eigenvalue weighted by molar-refractivity contribution is 7.96. The van der Waals surface area contributed by atoms with Gasteiger partial charge in [-0.2, -0.15) is 0 Å². The number of hydrogen-bond donors (Lipinski definition) is 4. The summed E-state index contributed by atoms with van der Waals surface area (Å²) in [6, 6.07) is 7.02. The maximum Gasteiger partial charge on any atom is 0.321 e. The third kappa shape index (κ3) is 5.40. The average molecular weight is 494 g/mol. The van der Waals surface area contributed by atoms with Crippen molar-refractivity contribution in [1.82, 2.24) is 15.0 Å². The van der Waals surface area contributed by atoms with E-state index >= 15 is 0 Å². The SMILES string of the molecule is CSNCC1(c2ccc(N3CC(O)CC(NC(=O)Nc4ncc(Cl)cc4F)C3=O)cc2)CC1. The molecule has 176 valence electrons. The van der Waals surface area contributed by atoms with E-state index < -0.39 is 24.0 Å². The Labute approximate surface area is 200 Å². The highest BCUT2D eigenvalue weighted by Crippen LogP contribution is 2.48. The molecule has 8 nitrogen and oxygen atoms in total. The molecule has 33 heavy (non-hydrogen) atoms.